The molecular formula is C14H22N2O. The van der Waals surface area contributed by atoms with Crippen LogP contribution in [0, 0.1) is 23.7 Å². The first-order chi connectivity index (χ1) is 8.16. The van der Waals surface area contributed by atoms with E-state index in [9.17, 15) is 4.79 Å². The van der Waals surface area contributed by atoms with Gasteiger partial charge >= 0.3 is 0 Å². The molecule has 0 aliphatic heterocycles. The molecule has 4 aliphatic rings. The molecule has 0 radical (unpaired) electrons. The number of amides is 1. The van der Waals surface area contributed by atoms with Gasteiger partial charge in [0.15, 0.2) is 0 Å². The van der Waals surface area contributed by atoms with Crippen molar-refractivity contribution in [3.05, 3.63) is 0 Å². The number of hydrogen-bond donors (Lipinski definition) is 2. The number of carbonyl (C=O) groups is 1. The Hall–Kier alpha value is -0.570. The third-order valence-electron chi connectivity index (χ3n) is 5.92. The first-order valence-electron chi connectivity index (χ1n) is 7.25. The maximum Gasteiger partial charge on any atom is 0.222 e. The third-order valence-corrected chi connectivity index (χ3v) is 5.92. The van der Waals surface area contributed by atoms with Crippen LogP contribution in [0.5, 0.6) is 0 Å². The summed E-state index contributed by atoms with van der Waals surface area (Å²) in [5.74, 6) is 3.77. The highest BCUT2D eigenvalue weighted by Gasteiger charge is 2.65. The van der Waals surface area contributed by atoms with Crippen LogP contribution in [-0.4, -0.2) is 17.5 Å². The van der Waals surface area contributed by atoms with E-state index >= 15 is 0 Å². The predicted molar refractivity (Wildman–Crippen MR) is 65.1 cm³/mol. The summed E-state index contributed by atoms with van der Waals surface area (Å²) in [6.45, 7) is 0. The average Bonchev–Trinajstić information content (AvgIpc) is 2.68. The van der Waals surface area contributed by atoms with Crippen LogP contribution in [0.2, 0.25) is 0 Å². The Kier molecular flexibility index (Phi) is 1.98. The van der Waals surface area contributed by atoms with Gasteiger partial charge in [0.25, 0.3) is 0 Å². The van der Waals surface area contributed by atoms with Gasteiger partial charge in [-0.2, -0.15) is 0 Å². The van der Waals surface area contributed by atoms with Crippen molar-refractivity contribution in [3.8, 4) is 0 Å². The Balaban J connectivity index is 1.33. The lowest BCUT2D eigenvalue weighted by atomic mass is 9.75. The highest BCUT2D eigenvalue weighted by atomic mass is 16.1. The Morgan fingerprint density at radius 1 is 1.24 bits per heavy atom. The molecule has 0 heterocycles. The van der Waals surface area contributed by atoms with E-state index in [2.05, 4.69) is 5.32 Å². The highest BCUT2D eigenvalue weighted by Crippen LogP contribution is 2.65. The van der Waals surface area contributed by atoms with Crippen molar-refractivity contribution < 1.29 is 4.79 Å². The smallest absolute Gasteiger partial charge is 0.222 e. The Labute approximate surface area is 103 Å². The quantitative estimate of drug-likeness (QED) is 0.776. The molecule has 2 bridgehead atoms. The van der Waals surface area contributed by atoms with Gasteiger partial charge in [-0.15, -0.1) is 0 Å². The molecule has 0 aromatic rings. The molecule has 4 atom stereocenters. The molecule has 94 valence electrons. The van der Waals surface area contributed by atoms with Crippen LogP contribution < -0.4 is 11.1 Å². The first kappa shape index (κ1) is 10.4. The Morgan fingerprint density at radius 3 is 2.41 bits per heavy atom. The van der Waals surface area contributed by atoms with Crippen molar-refractivity contribution in [2.45, 2.75) is 56.5 Å². The number of hydrogen-bond acceptors (Lipinski definition) is 2. The van der Waals surface area contributed by atoms with Gasteiger partial charge in [-0.05, 0) is 62.2 Å². The minimum Gasteiger partial charge on any atom is -0.353 e. The zero-order chi connectivity index (χ0) is 11.6. The lowest BCUT2D eigenvalue weighted by molar-refractivity contribution is -0.123. The van der Waals surface area contributed by atoms with E-state index in [-0.39, 0.29) is 11.4 Å². The maximum absolute atomic E-state index is 12.0. The van der Waals surface area contributed by atoms with Gasteiger partial charge in [0.1, 0.15) is 0 Å². The highest BCUT2D eigenvalue weighted by molar-refractivity contribution is 5.78. The van der Waals surface area contributed by atoms with Gasteiger partial charge in [0.05, 0.1) is 0 Å². The van der Waals surface area contributed by atoms with Gasteiger partial charge in [-0.3, -0.25) is 4.79 Å². The van der Waals surface area contributed by atoms with Crippen LogP contribution in [0.15, 0.2) is 0 Å². The molecule has 0 aromatic carbocycles. The summed E-state index contributed by atoms with van der Waals surface area (Å²) in [7, 11) is 0. The molecule has 17 heavy (non-hydrogen) atoms. The number of rotatable bonds is 3. The average molecular weight is 234 g/mol. The Morgan fingerprint density at radius 2 is 1.88 bits per heavy atom. The summed E-state index contributed by atoms with van der Waals surface area (Å²) in [4.78, 5) is 12.0. The van der Waals surface area contributed by atoms with Crippen molar-refractivity contribution in [1.29, 1.82) is 0 Å². The fourth-order valence-corrected chi connectivity index (χ4v) is 4.88. The van der Waals surface area contributed by atoms with E-state index in [4.69, 9.17) is 5.73 Å². The minimum atomic E-state index is -0.160. The molecule has 3 heteroatoms. The van der Waals surface area contributed by atoms with Crippen molar-refractivity contribution in [1.82, 2.24) is 5.32 Å². The summed E-state index contributed by atoms with van der Waals surface area (Å²) in [6, 6.07) is 0.525. The molecule has 0 saturated heterocycles. The number of nitrogens with one attached hydrogen (secondary N) is 1. The van der Waals surface area contributed by atoms with Gasteiger partial charge in [-0.25, -0.2) is 0 Å². The Bertz CT molecular complexity index is 347. The van der Waals surface area contributed by atoms with E-state index in [1.165, 1.54) is 25.7 Å². The molecule has 1 amide bonds. The van der Waals surface area contributed by atoms with Crippen LogP contribution in [0.25, 0.3) is 0 Å². The van der Waals surface area contributed by atoms with E-state index < -0.39 is 0 Å². The normalized spacial score (nSPS) is 48.4. The monoisotopic (exact) mass is 234 g/mol. The molecule has 3 nitrogen and oxygen atoms in total. The van der Waals surface area contributed by atoms with Gasteiger partial charge < -0.3 is 11.1 Å². The van der Waals surface area contributed by atoms with Crippen molar-refractivity contribution in [3.63, 3.8) is 0 Å². The number of nitrogens with two attached hydrogens (primary N) is 1. The molecule has 4 aliphatic carbocycles. The fourth-order valence-electron chi connectivity index (χ4n) is 4.88. The zero-order valence-electron chi connectivity index (χ0n) is 10.3. The third kappa shape index (κ3) is 1.48. The van der Waals surface area contributed by atoms with E-state index in [1.807, 2.05) is 0 Å². The SMILES string of the molecule is NC1(CC(=O)NC2C3C4CCC(C4)C23)CCC1. The summed E-state index contributed by atoms with van der Waals surface area (Å²) in [5.41, 5.74) is 5.96. The summed E-state index contributed by atoms with van der Waals surface area (Å²) < 4.78 is 0. The van der Waals surface area contributed by atoms with Crippen LogP contribution >= 0.6 is 0 Å². The first-order valence-corrected chi connectivity index (χ1v) is 7.25. The predicted octanol–water partition coefficient (Wildman–Crippen LogP) is 1.42. The summed E-state index contributed by atoms with van der Waals surface area (Å²) in [5, 5.41) is 3.26. The number of fused-ring (bicyclic) bond motifs is 5. The second-order valence-electron chi connectivity index (χ2n) is 6.97. The topological polar surface area (TPSA) is 55.1 Å². The molecule has 4 fully saturated rings. The van der Waals surface area contributed by atoms with E-state index in [0.717, 1.165) is 36.5 Å². The van der Waals surface area contributed by atoms with Gasteiger partial charge in [0, 0.05) is 18.0 Å². The summed E-state index contributed by atoms with van der Waals surface area (Å²) >= 11 is 0. The van der Waals surface area contributed by atoms with Crippen LogP contribution in [0.1, 0.15) is 44.9 Å². The molecule has 4 rings (SSSR count). The van der Waals surface area contributed by atoms with Crippen LogP contribution in [0.4, 0.5) is 0 Å². The number of carbonyl (C=O) groups excluding carboxylic acids is 1. The molecule has 0 spiro atoms. The maximum atomic E-state index is 12.0. The van der Waals surface area contributed by atoms with Crippen molar-refractivity contribution in [2.75, 3.05) is 0 Å². The second-order valence-corrected chi connectivity index (χ2v) is 6.97. The molecule has 0 aromatic heterocycles. The van der Waals surface area contributed by atoms with E-state index in [1.54, 1.807) is 0 Å². The summed E-state index contributed by atoms with van der Waals surface area (Å²) in [6.07, 6.45) is 8.09. The lowest BCUT2D eigenvalue weighted by Gasteiger charge is -2.37. The minimum absolute atomic E-state index is 0.160. The van der Waals surface area contributed by atoms with E-state index in [0.29, 0.717) is 12.5 Å². The second kappa shape index (κ2) is 3.25. The standard InChI is InChI=1S/C14H22N2O/c15-14(4-1-5-14)7-10(17)16-13-11-8-2-3-9(6-8)12(11)13/h8-9,11-13H,1-7,15H2,(H,16,17). The molecule has 4 saturated carbocycles. The van der Waals surface area contributed by atoms with Crippen molar-refractivity contribution in [2.24, 2.45) is 29.4 Å². The lowest BCUT2D eigenvalue weighted by Crippen LogP contribution is -2.50. The largest absolute Gasteiger partial charge is 0.353 e. The van der Waals surface area contributed by atoms with Crippen LogP contribution in [0.3, 0.4) is 0 Å². The van der Waals surface area contributed by atoms with Gasteiger partial charge in [-0.1, -0.05) is 0 Å². The molecule has 4 unspecified atom stereocenters. The van der Waals surface area contributed by atoms with Crippen molar-refractivity contribution >= 4 is 5.91 Å². The molecular weight excluding hydrogens is 212 g/mol. The zero-order valence-corrected chi connectivity index (χ0v) is 10.3. The van der Waals surface area contributed by atoms with Crippen LogP contribution in [-0.2, 0) is 4.79 Å². The van der Waals surface area contributed by atoms with Gasteiger partial charge in [0.2, 0.25) is 5.91 Å². The fraction of sp³-hybridized carbons (Fsp3) is 0.929. The molecule has 3 N–H and O–H groups in total.